The van der Waals surface area contributed by atoms with Gasteiger partial charge in [-0.2, -0.15) is 5.10 Å². The van der Waals surface area contributed by atoms with Crippen LogP contribution < -0.4 is 5.32 Å². The Morgan fingerprint density at radius 1 is 1.42 bits per heavy atom. The van der Waals surface area contributed by atoms with Crippen molar-refractivity contribution >= 4 is 11.6 Å². The predicted octanol–water partition coefficient (Wildman–Crippen LogP) is 3.30. The summed E-state index contributed by atoms with van der Waals surface area (Å²) in [7, 11) is 1.85. The molecule has 0 aliphatic heterocycles. The average Bonchev–Trinajstić information content (AvgIpc) is 2.80. The molecular weight excluding hydrogens is 265 g/mol. The standard InChI is InChI=1S/C14H17ClFN3/c1-3-7-17-14(13-6-8-18-19(13)2)11-9-10(15)4-5-12(11)16/h4-6,8-9,14,17H,3,7H2,1-2H3. The molecule has 0 saturated heterocycles. The summed E-state index contributed by atoms with van der Waals surface area (Å²) in [6.07, 6.45) is 2.68. The lowest BCUT2D eigenvalue weighted by atomic mass is 10.0. The van der Waals surface area contributed by atoms with Gasteiger partial charge in [0.25, 0.3) is 0 Å². The molecule has 1 atom stereocenters. The van der Waals surface area contributed by atoms with Gasteiger partial charge in [0, 0.05) is 23.8 Å². The fourth-order valence-corrected chi connectivity index (χ4v) is 2.25. The van der Waals surface area contributed by atoms with Gasteiger partial charge in [-0.1, -0.05) is 18.5 Å². The van der Waals surface area contributed by atoms with Gasteiger partial charge in [0.2, 0.25) is 0 Å². The summed E-state index contributed by atoms with van der Waals surface area (Å²) in [5.41, 5.74) is 1.46. The molecule has 5 heteroatoms. The van der Waals surface area contributed by atoms with Crippen LogP contribution in [-0.4, -0.2) is 16.3 Å². The number of nitrogens with zero attached hydrogens (tertiary/aromatic N) is 2. The van der Waals surface area contributed by atoms with E-state index in [4.69, 9.17) is 11.6 Å². The van der Waals surface area contributed by atoms with Gasteiger partial charge >= 0.3 is 0 Å². The van der Waals surface area contributed by atoms with E-state index in [1.165, 1.54) is 6.07 Å². The van der Waals surface area contributed by atoms with Crippen LogP contribution in [0.1, 0.15) is 30.6 Å². The first-order valence-electron chi connectivity index (χ1n) is 6.29. The predicted molar refractivity (Wildman–Crippen MR) is 74.8 cm³/mol. The van der Waals surface area contributed by atoms with Gasteiger partial charge in [0.05, 0.1) is 11.7 Å². The van der Waals surface area contributed by atoms with Gasteiger partial charge in [-0.3, -0.25) is 4.68 Å². The second-order valence-electron chi connectivity index (χ2n) is 4.43. The molecule has 0 aliphatic rings. The lowest BCUT2D eigenvalue weighted by Gasteiger charge is -2.20. The van der Waals surface area contributed by atoms with E-state index < -0.39 is 0 Å². The Kier molecular flexibility index (Phi) is 4.56. The molecule has 0 fully saturated rings. The molecule has 1 unspecified atom stereocenters. The van der Waals surface area contributed by atoms with E-state index in [2.05, 4.69) is 17.3 Å². The first kappa shape index (κ1) is 14.0. The molecular formula is C14H17ClFN3. The Labute approximate surface area is 117 Å². The molecule has 3 nitrogen and oxygen atoms in total. The van der Waals surface area contributed by atoms with E-state index in [9.17, 15) is 4.39 Å². The van der Waals surface area contributed by atoms with Crippen LogP contribution in [0.15, 0.2) is 30.5 Å². The monoisotopic (exact) mass is 281 g/mol. The van der Waals surface area contributed by atoms with Crippen molar-refractivity contribution in [3.8, 4) is 0 Å². The number of hydrogen-bond acceptors (Lipinski definition) is 2. The summed E-state index contributed by atoms with van der Waals surface area (Å²) >= 11 is 5.98. The molecule has 1 N–H and O–H groups in total. The maximum absolute atomic E-state index is 14.0. The molecule has 1 aromatic heterocycles. The zero-order valence-electron chi connectivity index (χ0n) is 11.0. The first-order chi connectivity index (χ1) is 9.13. The Morgan fingerprint density at radius 2 is 2.21 bits per heavy atom. The number of hydrogen-bond donors (Lipinski definition) is 1. The molecule has 0 radical (unpaired) electrons. The summed E-state index contributed by atoms with van der Waals surface area (Å²) < 4.78 is 15.8. The van der Waals surface area contributed by atoms with Crippen molar-refractivity contribution in [2.24, 2.45) is 7.05 Å². The van der Waals surface area contributed by atoms with Crippen LogP contribution >= 0.6 is 11.6 Å². The lowest BCUT2D eigenvalue weighted by Crippen LogP contribution is -2.26. The molecule has 0 amide bonds. The molecule has 1 aromatic carbocycles. The SMILES string of the molecule is CCCNC(c1cc(Cl)ccc1F)c1ccnn1C. The summed E-state index contributed by atoms with van der Waals surface area (Å²) in [4.78, 5) is 0. The van der Waals surface area contributed by atoms with Crippen molar-refractivity contribution in [2.75, 3.05) is 6.54 Å². The van der Waals surface area contributed by atoms with Gasteiger partial charge in [-0.05, 0) is 37.2 Å². The van der Waals surface area contributed by atoms with E-state index in [0.717, 1.165) is 18.7 Å². The fourth-order valence-electron chi connectivity index (χ4n) is 2.07. The lowest BCUT2D eigenvalue weighted by molar-refractivity contribution is 0.520. The van der Waals surface area contributed by atoms with E-state index in [1.807, 2.05) is 13.1 Å². The molecule has 2 rings (SSSR count). The average molecular weight is 282 g/mol. The highest BCUT2D eigenvalue weighted by atomic mass is 35.5. The van der Waals surface area contributed by atoms with Crippen LogP contribution in [0.25, 0.3) is 0 Å². The molecule has 2 aromatic rings. The maximum Gasteiger partial charge on any atom is 0.128 e. The van der Waals surface area contributed by atoms with Gasteiger partial charge < -0.3 is 5.32 Å². The number of rotatable bonds is 5. The van der Waals surface area contributed by atoms with Crippen LogP contribution in [0.2, 0.25) is 5.02 Å². The first-order valence-corrected chi connectivity index (χ1v) is 6.67. The largest absolute Gasteiger partial charge is 0.305 e. The summed E-state index contributed by atoms with van der Waals surface area (Å²) in [6.45, 7) is 2.86. The highest BCUT2D eigenvalue weighted by Crippen LogP contribution is 2.26. The van der Waals surface area contributed by atoms with Crippen molar-refractivity contribution in [3.63, 3.8) is 0 Å². The number of aryl methyl sites for hydroxylation is 1. The van der Waals surface area contributed by atoms with Crippen molar-refractivity contribution in [3.05, 3.63) is 52.6 Å². The minimum absolute atomic E-state index is 0.244. The van der Waals surface area contributed by atoms with Crippen molar-refractivity contribution in [1.29, 1.82) is 0 Å². The van der Waals surface area contributed by atoms with Crippen LogP contribution in [-0.2, 0) is 7.05 Å². The van der Waals surface area contributed by atoms with Crippen molar-refractivity contribution < 1.29 is 4.39 Å². The number of halogens is 2. The van der Waals surface area contributed by atoms with E-state index >= 15 is 0 Å². The van der Waals surface area contributed by atoms with Crippen LogP contribution in [0.4, 0.5) is 4.39 Å². The Bertz CT molecular complexity index is 553. The minimum atomic E-state index is -0.265. The molecule has 1 heterocycles. The Hall–Kier alpha value is -1.39. The quantitative estimate of drug-likeness (QED) is 0.911. The second-order valence-corrected chi connectivity index (χ2v) is 4.87. The molecule has 102 valence electrons. The topological polar surface area (TPSA) is 29.9 Å². The Balaban J connectivity index is 2.42. The van der Waals surface area contributed by atoms with Crippen LogP contribution in [0.3, 0.4) is 0 Å². The van der Waals surface area contributed by atoms with E-state index in [1.54, 1.807) is 23.0 Å². The number of nitrogens with one attached hydrogen (secondary N) is 1. The highest BCUT2D eigenvalue weighted by Gasteiger charge is 2.20. The molecule has 19 heavy (non-hydrogen) atoms. The smallest absolute Gasteiger partial charge is 0.128 e. The zero-order valence-corrected chi connectivity index (χ0v) is 11.8. The third-order valence-corrected chi connectivity index (χ3v) is 3.26. The highest BCUT2D eigenvalue weighted by molar-refractivity contribution is 6.30. The number of benzene rings is 1. The summed E-state index contributed by atoms with van der Waals surface area (Å²) in [6, 6.07) is 6.26. The molecule has 0 spiro atoms. The van der Waals surface area contributed by atoms with Gasteiger partial charge in [0.1, 0.15) is 5.82 Å². The third-order valence-electron chi connectivity index (χ3n) is 3.02. The normalized spacial score (nSPS) is 12.6. The van der Waals surface area contributed by atoms with E-state index in [-0.39, 0.29) is 11.9 Å². The molecule has 0 aliphatic carbocycles. The zero-order chi connectivity index (χ0) is 13.8. The fraction of sp³-hybridized carbons (Fsp3) is 0.357. The number of aromatic nitrogens is 2. The van der Waals surface area contributed by atoms with Crippen molar-refractivity contribution in [1.82, 2.24) is 15.1 Å². The molecule has 0 bridgehead atoms. The molecule has 0 saturated carbocycles. The van der Waals surface area contributed by atoms with Crippen LogP contribution in [0, 0.1) is 5.82 Å². The van der Waals surface area contributed by atoms with Gasteiger partial charge in [-0.25, -0.2) is 4.39 Å². The maximum atomic E-state index is 14.0. The van der Waals surface area contributed by atoms with Gasteiger partial charge in [-0.15, -0.1) is 0 Å². The van der Waals surface area contributed by atoms with E-state index in [0.29, 0.717) is 10.6 Å². The van der Waals surface area contributed by atoms with Gasteiger partial charge in [0.15, 0.2) is 0 Å². The second kappa shape index (κ2) is 6.17. The minimum Gasteiger partial charge on any atom is -0.305 e. The summed E-state index contributed by atoms with van der Waals surface area (Å²) in [5, 5.41) is 8.01. The van der Waals surface area contributed by atoms with Crippen molar-refractivity contribution in [2.45, 2.75) is 19.4 Å². The van der Waals surface area contributed by atoms with Crippen LogP contribution in [0.5, 0.6) is 0 Å². The Morgan fingerprint density at radius 3 is 2.84 bits per heavy atom. The third kappa shape index (κ3) is 3.14. The summed E-state index contributed by atoms with van der Waals surface area (Å²) in [5.74, 6) is -0.265.